The first-order chi connectivity index (χ1) is 6.24. The average Bonchev–Trinajstić information content (AvgIpc) is 2.19. The summed E-state index contributed by atoms with van der Waals surface area (Å²) < 4.78 is 0. The average molecular weight is 184 g/mol. The van der Waals surface area contributed by atoms with Gasteiger partial charge in [-0.1, -0.05) is 13.3 Å². The molecule has 1 aliphatic heterocycles. The van der Waals surface area contributed by atoms with Crippen LogP contribution in [0.5, 0.6) is 0 Å². The van der Waals surface area contributed by atoms with Gasteiger partial charge in [-0.2, -0.15) is 0 Å². The highest BCUT2D eigenvalue weighted by atomic mass is 16.1. The molecule has 2 atom stereocenters. The van der Waals surface area contributed by atoms with Crippen LogP contribution in [0.2, 0.25) is 0 Å². The number of nitrogens with one attached hydrogen (secondary N) is 2. The topological polar surface area (TPSA) is 41.1 Å². The highest BCUT2D eigenvalue weighted by Gasteiger charge is 2.20. The molecule has 0 unspecified atom stereocenters. The van der Waals surface area contributed by atoms with Crippen LogP contribution in [0.25, 0.3) is 0 Å². The van der Waals surface area contributed by atoms with Gasteiger partial charge in [-0.05, 0) is 25.3 Å². The maximum atomic E-state index is 11.1. The molecule has 13 heavy (non-hydrogen) atoms. The Morgan fingerprint density at radius 1 is 1.62 bits per heavy atom. The van der Waals surface area contributed by atoms with Crippen LogP contribution in [0.15, 0.2) is 0 Å². The highest BCUT2D eigenvalue weighted by Crippen LogP contribution is 2.17. The van der Waals surface area contributed by atoms with Crippen molar-refractivity contribution in [1.29, 1.82) is 0 Å². The number of carbonyl (C=O) groups is 1. The Labute approximate surface area is 80.3 Å². The molecule has 0 saturated carbocycles. The van der Waals surface area contributed by atoms with Gasteiger partial charge in [0.05, 0.1) is 0 Å². The Balaban J connectivity index is 2.28. The fourth-order valence-corrected chi connectivity index (χ4v) is 1.90. The van der Waals surface area contributed by atoms with E-state index in [9.17, 15) is 4.79 Å². The van der Waals surface area contributed by atoms with Crippen molar-refractivity contribution in [3.8, 4) is 0 Å². The van der Waals surface area contributed by atoms with E-state index in [1.165, 1.54) is 19.3 Å². The van der Waals surface area contributed by atoms with Crippen LogP contribution < -0.4 is 10.6 Å². The van der Waals surface area contributed by atoms with Gasteiger partial charge in [-0.3, -0.25) is 4.79 Å². The largest absolute Gasteiger partial charge is 0.359 e. The SMILES string of the molecule is CNC(=O)C[C@H](C)[C@H]1CCCCN1. The summed E-state index contributed by atoms with van der Waals surface area (Å²) in [4.78, 5) is 11.1. The lowest BCUT2D eigenvalue weighted by Gasteiger charge is -2.28. The van der Waals surface area contributed by atoms with Crippen molar-refractivity contribution in [3.63, 3.8) is 0 Å². The summed E-state index contributed by atoms with van der Waals surface area (Å²) >= 11 is 0. The molecule has 1 amide bonds. The van der Waals surface area contributed by atoms with Crippen molar-refractivity contribution >= 4 is 5.91 Å². The summed E-state index contributed by atoms with van der Waals surface area (Å²) in [6.45, 7) is 3.26. The smallest absolute Gasteiger partial charge is 0.220 e. The maximum absolute atomic E-state index is 11.1. The second kappa shape index (κ2) is 5.22. The summed E-state index contributed by atoms with van der Waals surface area (Å²) in [7, 11) is 1.70. The Hall–Kier alpha value is -0.570. The minimum atomic E-state index is 0.153. The lowest BCUT2D eigenvalue weighted by Crippen LogP contribution is -2.40. The van der Waals surface area contributed by atoms with Gasteiger partial charge >= 0.3 is 0 Å². The molecule has 1 aliphatic rings. The van der Waals surface area contributed by atoms with Gasteiger partial charge in [0.2, 0.25) is 5.91 Å². The van der Waals surface area contributed by atoms with E-state index in [4.69, 9.17) is 0 Å². The summed E-state index contributed by atoms with van der Waals surface area (Å²) in [6.07, 6.45) is 4.45. The lowest BCUT2D eigenvalue weighted by molar-refractivity contribution is -0.121. The van der Waals surface area contributed by atoms with E-state index >= 15 is 0 Å². The minimum absolute atomic E-state index is 0.153. The predicted octanol–water partition coefficient (Wildman–Crippen LogP) is 0.901. The Morgan fingerprint density at radius 2 is 2.38 bits per heavy atom. The maximum Gasteiger partial charge on any atom is 0.220 e. The molecule has 1 saturated heterocycles. The van der Waals surface area contributed by atoms with Crippen LogP contribution in [0.1, 0.15) is 32.6 Å². The molecule has 1 fully saturated rings. The quantitative estimate of drug-likeness (QED) is 0.684. The first kappa shape index (κ1) is 10.5. The van der Waals surface area contributed by atoms with E-state index in [-0.39, 0.29) is 5.91 Å². The molecular formula is C10H20N2O. The molecule has 0 spiro atoms. The zero-order chi connectivity index (χ0) is 9.68. The van der Waals surface area contributed by atoms with Gasteiger partial charge in [0.25, 0.3) is 0 Å². The monoisotopic (exact) mass is 184 g/mol. The van der Waals surface area contributed by atoms with Crippen LogP contribution in [0.3, 0.4) is 0 Å². The van der Waals surface area contributed by atoms with Crippen LogP contribution in [-0.4, -0.2) is 25.5 Å². The second-order valence-electron chi connectivity index (χ2n) is 3.91. The number of piperidine rings is 1. The summed E-state index contributed by atoms with van der Waals surface area (Å²) in [5, 5.41) is 6.14. The molecule has 76 valence electrons. The van der Waals surface area contributed by atoms with Crippen LogP contribution in [0.4, 0.5) is 0 Å². The zero-order valence-corrected chi connectivity index (χ0v) is 8.60. The van der Waals surface area contributed by atoms with Gasteiger partial charge in [0.15, 0.2) is 0 Å². The molecular weight excluding hydrogens is 164 g/mol. The third-order valence-electron chi connectivity index (χ3n) is 2.82. The first-order valence-electron chi connectivity index (χ1n) is 5.18. The fraction of sp³-hybridized carbons (Fsp3) is 0.900. The zero-order valence-electron chi connectivity index (χ0n) is 8.60. The number of hydrogen-bond acceptors (Lipinski definition) is 2. The first-order valence-corrected chi connectivity index (χ1v) is 5.18. The Bertz CT molecular complexity index is 164. The summed E-state index contributed by atoms with van der Waals surface area (Å²) in [5.74, 6) is 0.611. The standard InChI is InChI=1S/C10H20N2O/c1-8(7-10(13)11-2)9-5-3-4-6-12-9/h8-9,12H,3-7H2,1-2H3,(H,11,13)/t8-,9+/m0/s1. The molecule has 0 aromatic carbocycles. The third kappa shape index (κ3) is 3.35. The van der Waals surface area contributed by atoms with Crippen LogP contribution in [0, 0.1) is 5.92 Å². The van der Waals surface area contributed by atoms with Gasteiger partial charge in [0, 0.05) is 19.5 Å². The normalized spacial score (nSPS) is 25.2. The van der Waals surface area contributed by atoms with E-state index < -0.39 is 0 Å². The van der Waals surface area contributed by atoms with E-state index in [2.05, 4.69) is 17.6 Å². The Morgan fingerprint density at radius 3 is 2.92 bits per heavy atom. The van der Waals surface area contributed by atoms with E-state index in [1.807, 2.05) is 0 Å². The lowest BCUT2D eigenvalue weighted by atomic mass is 9.91. The van der Waals surface area contributed by atoms with Crippen molar-refractivity contribution in [3.05, 3.63) is 0 Å². The second-order valence-corrected chi connectivity index (χ2v) is 3.91. The van der Waals surface area contributed by atoms with E-state index in [0.717, 1.165) is 6.54 Å². The number of hydrogen-bond donors (Lipinski definition) is 2. The highest BCUT2D eigenvalue weighted by molar-refractivity contribution is 5.75. The molecule has 0 aromatic heterocycles. The Kier molecular flexibility index (Phi) is 4.22. The summed E-state index contributed by atoms with van der Waals surface area (Å²) in [5.41, 5.74) is 0. The molecule has 3 heteroatoms. The fourth-order valence-electron chi connectivity index (χ4n) is 1.90. The molecule has 0 aliphatic carbocycles. The molecule has 2 N–H and O–H groups in total. The van der Waals surface area contributed by atoms with Crippen molar-refractivity contribution in [2.24, 2.45) is 5.92 Å². The van der Waals surface area contributed by atoms with Gasteiger partial charge in [-0.15, -0.1) is 0 Å². The molecule has 1 heterocycles. The number of rotatable bonds is 3. The third-order valence-corrected chi connectivity index (χ3v) is 2.82. The van der Waals surface area contributed by atoms with Crippen molar-refractivity contribution in [2.75, 3.05) is 13.6 Å². The van der Waals surface area contributed by atoms with Gasteiger partial charge in [-0.25, -0.2) is 0 Å². The van der Waals surface area contributed by atoms with Crippen molar-refractivity contribution < 1.29 is 4.79 Å². The predicted molar refractivity (Wildman–Crippen MR) is 53.5 cm³/mol. The van der Waals surface area contributed by atoms with Crippen LogP contribution in [-0.2, 0) is 4.79 Å². The molecule has 0 aromatic rings. The van der Waals surface area contributed by atoms with Gasteiger partial charge in [0.1, 0.15) is 0 Å². The van der Waals surface area contributed by atoms with Crippen molar-refractivity contribution in [2.45, 2.75) is 38.6 Å². The van der Waals surface area contributed by atoms with Gasteiger partial charge < -0.3 is 10.6 Å². The van der Waals surface area contributed by atoms with Crippen molar-refractivity contribution in [1.82, 2.24) is 10.6 Å². The number of amides is 1. The molecule has 3 nitrogen and oxygen atoms in total. The van der Waals surface area contributed by atoms with Crippen LogP contribution >= 0.6 is 0 Å². The minimum Gasteiger partial charge on any atom is -0.359 e. The summed E-state index contributed by atoms with van der Waals surface area (Å²) in [6, 6.07) is 0.547. The van der Waals surface area contributed by atoms with E-state index in [1.54, 1.807) is 7.05 Å². The number of carbonyl (C=O) groups excluding carboxylic acids is 1. The molecule has 0 bridgehead atoms. The van der Waals surface area contributed by atoms with E-state index in [0.29, 0.717) is 18.4 Å². The molecule has 1 rings (SSSR count). The molecule has 0 radical (unpaired) electrons.